The fourth-order valence-corrected chi connectivity index (χ4v) is 3.77. The Bertz CT molecular complexity index is 663. The van der Waals surface area contributed by atoms with Gasteiger partial charge in [-0.05, 0) is 38.2 Å². The molecule has 1 aliphatic heterocycles. The van der Waals surface area contributed by atoms with Crippen molar-refractivity contribution in [3.8, 4) is 0 Å². The summed E-state index contributed by atoms with van der Waals surface area (Å²) in [6.07, 6.45) is 3.06. The molecule has 140 valence electrons. The van der Waals surface area contributed by atoms with Crippen LogP contribution in [-0.4, -0.2) is 51.1 Å². The molecular weight excluding hydrogens is 336 g/mol. The molecule has 25 heavy (non-hydrogen) atoms. The van der Waals surface area contributed by atoms with E-state index < -0.39 is 10.0 Å². The van der Waals surface area contributed by atoms with Gasteiger partial charge in [0.2, 0.25) is 10.0 Å². The summed E-state index contributed by atoms with van der Waals surface area (Å²) in [4.78, 5) is 4.64. The third kappa shape index (κ3) is 6.66. The monoisotopic (exact) mass is 366 g/mol. The molecule has 0 bridgehead atoms. The first-order valence-electron chi connectivity index (χ1n) is 8.91. The van der Waals surface area contributed by atoms with Crippen molar-refractivity contribution in [2.24, 2.45) is 10.9 Å². The van der Waals surface area contributed by atoms with Crippen LogP contribution in [0.25, 0.3) is 0 Å². The van der Waals surface area contributed by atoms with E-state index in [1.54, 1.807) is 4.31 Å². The quantitative estimate of drug-likeness (QED) is 0.594. The Balaban J connectivity index is 1.83. The van der Waals surface area contributed by atoms with Crippen LogP contribution in [0.4, 0.5) is 0 Å². The number of piperidine rings is 1. The van der Waals surface area contributed by atoms with Crippen LogP contribution in [0.5, 0.6) is 0 Å². The molecule has 2 N–H and O–H groups in total. The minimum absolute atomic E-state index is 0.473. The zero-order valence-electron chi connectivity index (χ0n) is 15.5. The van der Waals surface area contributed by atoms with Crippen LogP contribution in [0, 0.1) is 12.8 Å². The number of sulfonamides is 1. The molecule has 1 fully saturated rings. The molecule has 0 radical (unpaired) electrons. The second-order valence-corrected chi connectivity index (χ2v) is 8.65. The van der Waals surface area contributed by atoms with Crippen molar-refractivity contribution in [2.75, 3.05) is 32.4 Å². The molecule has 0 aliphatic carbocycles. The van der Waals surface area contributed by atoms with Gasteiger partial charge in [-0.25, -0.2) is 17.7 Å². The average Bonchev–Trinajstić information content (AvgIpc) is 2.58. The summed E-state index contributed by atoms with van der Waals surface area (Å²) < 4.78 is 24.7. The van der Waals surface area contributed by atoms with E-state index in [1.165, 1.54) is 17.4 Å². The molecule has 7 heteroatoms. The number of benzene rings is 1. The Kier molecular flexibility index (Phi) is 7.25. The average molecular weight is 367 g/mol. The summed E-state index contributed by atoms with van der Waals surface area (Å²) in [5, 5.41) is 6.67. The van der Waals surface area contributed by atoms with E-state index in [0.717, 1.165) is 31.9 Å². The van der Waals surface area contributed by atoms with Gasteiger partial charge in [0, 0.05) is 26.2 Å². The number of hydrogen-bond acceptors (Lipinski definition) is 3. The van der Waals surface area contributed by atoms with Gasteiger partial charge in [-0.3, -0.25) is 0 Å². The molecule has 0 unspecified atom stereocenters. The molecule has 1 heterocycles. The van der Waals surface area contributed by atoms with Crippen LogP contribution in [0.1, 0.15) is 30.9 Å². The highest BCUT2D eigenvalue weighted by Gasteiger charge is 2.24. The van der Waals surface area contributed by atoms with Gasteiger partial charge in [-0.1, -0.05) is 29.8 Å². The maximum absolute atomic E-state index is 11.6. The van der Waals surface area contributed by atoms with Crippen molar-refractivity contribution in [1.82, 2.24) is 14.9 Å². The van der Waals surface area contributed by atoms with Crippen molar-refractivity contribution in [2.45, 2.75) is 33.2 Å². The van der Waals surface area contributed by atoms with Crippen LogP contribution in [-0.2, 0) is 16.6 Å². The molecule has 1 aromatic rings. The highest BCUT2D eigenvalue weighted by atomic mass is 32.2. The smallest absolute Gasteiger partial charge is 0.211 e. The molecule has 0 aromatic heterocycles. The van der Waals surface area contributed by atoms with Crippen molar-refractivity contribution >= 4 is 16.0 Å². The molecule has 2 rings (SSSR count). The first kappa shape index (κ1) is 19.7. The Labute approximate surface area is 151 Å². The lowest BCUT2D eigenvalue weighted by atomic mass is 9.98. The van der Waals surface area contributed by atoms with Crippen molar-refractivity contribution in [3.05, 3.63) is 35.4 Å². The summed E-state index contributed by atoms with van der Waals surface area (Å²) >= 11 is 0. The van der Waals surface area contributed by atoms with Crippen LogP contribution >= 0.6 is 0 Å². The molecule has 1 saturated heterocycles. The zero-order valence-corrected chi connectivity index (χ0v) is 16.3. The molecule has 0 spiro atoms. The van der Waals surface area contributed by atoms with Gasteiger partial charge in [0.15, 0.2) is 5.96 Å². The number of nitrogens with one attached hydrogen (secondary N) is 2. The third-order valence-corrected chi connectivity index (χ3v) is 5.79. The summed E-state index contributed by atoms with van der Waals surface area (Å²) in [5.41, 5.74) is 2.43. The predicted molar refractivity (Wildman–Crippen MR) is 103 cm³/mol. The lowest BCUT2D eigenvalue weighted by Gasteiger charge is -2.30. The number of guanidine groups is 1. The van der Waals surface area contributed by atoms with Gasteiger partial charge < -0.3 is 10.6 Å². The highest BCUT2D eigenvalue weighted by Crippen LogP contribution is 2.18. The standard InChI is InChI=1S/C18H30N4O2S/c1-4-19-18(20-13-16-7-5-15(2)6-8-16)21-14-17-9-11-22(12-10-17)25(3,23)24/h5-8,17H,4,9-14H2,1-3H3,(H2,19,20,21). The summed E-state index contributed by atoms with van der Waals surface area (Å²) in [6, 6.07) is 8.40. The molecule has 1 aliphatic rings. The number of aliphatic imine (C=N–C) groups is 1. The molecule has 1 aromatic carbocycles. The number of nitrogens with zero attached hydrogens (tertiary/aromatic N) is 2. The van der Waals surface area contributed by atoms with Crippen LogP contribution < -0.4 is 10.6 Å². The summed E-state index contributed by atoms with van der Waals surface area (Å²) in [7, 11) is -3.05. The Morgan fingerprint density at radius 1 is 1.20 bits per heavy atom. The molecule has 0 saturated carbocycles. The van der Waals surface area contributed by atoms with Crippen LogP contribution in [0.3, 0.4) is 0 Å². The van der Waals surface area contributed by atoms with Gasteiger partial charge in [-0.2, -0.15) is 0 Å². The van der Waals surface area contributed by atoms with Gasteiger partial charge in [0.25, 0.3) is 0 Å². The Morgan fingerprint density at radius 2 is 1.84 bits per heavy atom. The maximum Gasteiger partial charge on any atom is 0.211 e. The Hall–Kier alpha value is -1.60. The second kappa shape index (κ2) is 9.20. The van der Waals surface area contributed by atoms with E-state index in [4.69, 9.17) is 0 Å². The van der Waals surface area contributed by atoms with E-state index in [2.05, 4.69) is 46.8 Å². The fraction of sp³-hybridized carbons (Fsp3) is 0.611. The summed E-state index contributed by atoms with van der Waals surface area (Å²) in [5.74, 6) is 1.29. The van der Waals surface area contributed by atoms with E-state index >= 15 is 0 Å². The molecule has 0 atom stereocenters. The number of hydrogen-bond donors (Lipinski definition) is 2. The largest absolute Gasteiger partial charge is 0.357 e. The zero-order chi connectivity index (χ0) is 18.3. The van der Waals surface area contributed by atoms with Crippen molar-refractivity contribution in [3.63, 3.8) is 0 Å². The van der Waals surface area contributed by atoms with Crippen molar-refractivity contribution in [1.29, 1.82) is 0 Å². The van der Waals surface area contributed by atoms with Crippen molar-refractivity contribution < 1.29 is 8.42 Å². The first-order chi connectivity index (χ1) is 11.9. The van der Waals surface area contributed by atoms with Gasteiger partial charge in [0.05, 0.1) is 12.8 Å². The first-order valence-corrected chi connectivity index (χ1v) is 10.8. The highest BCUT2D eigenvalue weighted by molar-refractivity contribution is 7.88. The van der Waals surface area contributed by atoms with Crippen LogP contribution in [0.2, 0.25) is 0 Å². The molecular formula is C18H30N4O2S. The second-order valence-electron chi connectivity index (χ2n) is 6.67. The van der Waals surface area contributed by atoms with Gasteiger partial charge >= 0.3 is 0 Å². The van der Waals surface area contributed by atoms with Gasteiger partial charge in [-0.15, -0.1) is 0 Å². The number of aryl methyl sites for hydroxylation is 1. The number of rotatable bonds is 6. The fourth-order valence-electron chi connectivity index (χ4n) is 2.89. The van der Waals surface area contributed by atoms with E-state index in [0.29, 0.717) is 25.6 Å². The SMILES string of the molecule is CCNC(=NCc1ccc(C)cc1)NCC1CCN(S(C)(=O)=O)CC1. The van der Waals surface area contributed by atoms with E-state index in [9.17, 15) is 8.42 Å². The maximum atomic E-state index is 11.6. The normalized spacial score (nSPS) is 17.5. The third-order valence-electron chi connectivity index (χ3n) is 4.49. The minimum atomic E-state index is -3.05. The summed E-state index contributed by atoms with van der Waals surface area (Å²) in [6.45, 7) is 7.62. The molecule has 6 nitrogen and oxygen atoms in total. The Morgan fingerprint density at radius 3 is 2.40 bits per heavy atom. The lowest BCUT2D eigenvalue weighted by molar-refractivity contribution is 0.275. The van der Waals surface area contributed by atoms with Crippen LogP contribution in [0.15, 0.2) is 29.3 Å². The van der Waals surface area contributed by atoms with Gasteiger partial charge in [0.1, 0.15) is 0 Å². The van der Waals surface area contributed by atoms with E-state index in [-0.39, 0.29) is 0 Å². The predicted octanol–water partition coefficient (Wildman–Crippen LogP) is 1.72. The lowest BCUT2D eigenvalue weighted by Crippen LogP contribution is -2.44. The topological polar surface area (TPSA) is 73.8 Å². The molecule has 0 amide bonds. The van der Waals surface area contributed by atoms with E-state index in [1.807, 2.05) is 6.92 Å². The minimum Gasteiger partial charge on any atom is -0.357 e.